The van der Waals surface area contributed by atoms with Gasteiger partial charge in [-0.3, -0.25) is 9.69 Å². The summed E-state index contributed by atoms with van der Waals surface area (Å²) >= 11 is 0. The summed E-state index contributed by atoms with van der Waals surface area (Å²) in [7, 11) is 0. The van der Waals surface area contributed by atoms with E-state index < -0.39 is 0 Å². The molecule has 3 aliphatic rings. The maximum absolute atomic E-state index is 12.5. The van der Waals surface area contributed by atoms with Crippen LogP contribution in [-0.4, -0.2) is 47.3 Å². The van der Waals surface area contributed by atoms with Crippen molar-refractivity contribution in [3.8, 4) is 0 Å². The number of carbonyl (C=O) groups is 1. The molecule has 4 atom stereocenters. The first-order valence-corrected chi connectivity index (χ1v) is 10.2. The van der Waals surface area contributed by atoms with Gasteiger partial charge in [0.05, 0.1) is 23.9 Å². The quantitative estimate of drug-likeness (QED) is 0.863. The molecule has 6 heteroatoms. The fourth-order valence-corrected chi connectivity index (χ4v) is 5.41. The molecule has 0 aliphatic carbocycles. The van der Waals surface area contributed by atoms with Crippen molar-refractivity contribution in [2.24, 2.45) is 11.8 Å². The van der Waals surface area contributed by atoms with Crippen molar-refractivity contribution in [2.45, 2.75) is 44.9 Å². The van der Waals surface area contributed by atoms with Gasteiger partial charge in [0.2, 0.25) is 0 Å². The normalized spacial score (nSPS) is 31.3. The number of fused-ring (bicyclic) bond motifs is 1. The second kappa shape index (κ2) is 6.71. The Morgan fingerprint density at radius 1 is 1.32 bits per heavy atom. The second-order valence-electron chi connectivity index (χ2n) is 8.71. The first-order chi connectivity index (χ1) is 13.5. The summed E-state index contributed by atoms with van der Waals surface area (Å²) in [5, 5.41) is 7.15. The van der Waals surface area contributed by atoms with Gasteiger partial charge in [0.1, 0.15) is 0 Å². The van der Waals surface area contributed by atoms with Crippen LogP contribution in [-0.2, 0) is 11.3 Å². The molecule has 2 aromatic rings. The SMILES string of the molecule is Cc1ccc(C(=O)NC[C@H]2[C@H]3CN(Cc4cc(C)no4)C[C@]34CC[C@H]2O4)cc1. The van der Waals surface area contributed by atoms with Gasteiger partial charge in [-0.2, -0.15) is 0 Å². The number of benzene rings is 1. The van der Waals surface area contributed by atoms with Gasteiger partial charge in [-0.05, 0) is 38.8 Å². The predicted octanol–water partition coefficient (Wildman–Crippen LogP) is 2.70. The highest BCUT2D eigenvalue weighted by Crippen LogP contribution is 2.54. The summed E-state index contributed by atoms with van der Waals surface area (Å²) in [6, 6.07) is 9.73. The third-order valence-corrected chi connectivity index (χ3v) is 6.72. The lowest BCUT2D eigenvalue weighted by Crippen LogP contribution is -2.41. The molecule has 3 aliphatic heterocycles. The number of amides is 1. The van der Waals surface area contributed by atoms with Crippen molar-refractivity contribution in [1.82, 2.24) is 15.4 Å². The molecular weight excluding hydrogens is 354 g/mol. The van der Waals surface area contributed by atoms with E-state index in [9.17, 15) is 4.79 Å². The van der Waals surface area contributed by atoms with Crippen molar-refractivity contribution < 1.29 is 14.1 Å². The summed E-state index contributed by atoms with van der Waals surface area (Å²) in [6.07, 6.45) is 2.49. The largest absolute Gasteiger partial charge is 0.370 e. The Balaban J connectivity index is 1.24. The maximum Gasteiger partial charge on any atom is 0.251 e. The zero-order chi connectivity index (χ0) is 19.3. The van der Waals surface area contributed by atoms with Gasteiger partial charge in [-0.15, -0.1) is 0 Å². The van der Waals surface area contributed by atoms with E-state index in [4.69, 9.17) is 9.26 Å². The van der Waals surface area contributed by atoms with Crippen LogP contribution in [0.15, 0.2) is 34.9 Å². The summed E-state index contributed by atoms with van der Waals surface area (Å²) in [5.74, 6) is 1.76. The molecule has 1 aromatic carbocycles. The molecule has 0 radical (unpaired) electrons. The highest BCUT2D eigenvalue weighted by molar-refractivity contribution is 5.94. The number of hydrogen-bond acceptors (Lipinski definition) is 5. The van der Waals surface area contributed by atoms with Gasteiger partial charge in [0, 0.05) is 43.1 Å². The molecule has 2 bridgehead atoms. The number of carbonyl (C=O) groups excluding carboxylic acids is 1. The minimum Gasteiger partial charge on any atom is -0.370 e. The van der Waals surface area contributed by atoms with Gasteiger partial charge in [0.25, 0.3) is 5.91 Å². The van der Waals surface area contributed by atoms with E-state index in [-0.39, 0.29) is 17.6 Å². The van der Waals surface area contributed by atoms with Crippen LogP contribution in [0.25, 0.3) is 0 Å². The first-order valence-electron chi connectivity index (χ1n) is 10.2. The number of likely N-dealkylation sites (tertiary alicyclic amines) is 1. The van der Waals surface area contributed by atoms with Gasteiger partial charge in [0.15, 0.2) is 5.76 Å². The average Bonchev–Trinajstić information content (AvgIpc) is 3.41. The molecule has 0 unspecified atom stereocenters. The van der Waals surface area contributed by atoms with Crippen molar-refractivity contribution in [3.63, 3.8) is 0 Å². The van der Waals surface area contributed by atoms with Crippen molar-refractivity contribution in [1.29, 1.82) is 0 Å². The molecular formula is C22H27N3O3. The summed E-state index contributed by atoms with van der Waals surface area (Å²) < 4.78 is 11.9. The van der Waals surface area contributed by atoms with E-state index in [1.54, 1.807) is 0 Å². The third kappa shape index (κ3) is 3.05. The predicted molar refractivity (Wildman–Crippen MR) is 104 cm³/mol. The summed E-state index contributed by atoms with van der Waals surface area (Å²) in [6.45, 7) is 7.35. The molecule has 3 saturated heterocycles. The maximum atomic E-state index is 12.5. The Morgan fingerprint density at radius 2 is 2.14 bits per heavy atom. The van der Waals surface area contributed by atoms with Gasteiger partial charge >= 0.3 is 0 Å². The molecule has 148 valence electrons. The Morgan fingerprint density at radius 3 is 2.89 bits per heavy atom. The van der Waals surface area contributed by atoms with Gasteiger partial charge < -0.3 is 14.6 Å². The number of aromatic nitrogens is 1. The Hall–Kier alpha value is -2.18. The number of aryl methyl sites for hydroxylation is 2. The lowest BCUT2D eigenvalue weighted by atomic mass is 9.73. The van der Waals surface area contributed by atoms with E-state index in [1.807, 2.05) is 44.2 Å². The van der Waals surface area contributed by atoms with E-state index in [0.29, 0.717) is 18.4 Å². The molecule has 5 rings (SSSR count). The molecule has 1 amide bonds. The van der Waals surface area contributed by atoms with Crippen LogP contribution >= 0.6 is 0 Å². The van der Waals surface area contributed by atoms with Crippen LogP contribution in [0.2, 0.25) is 0 Å². The molecule has 1 N–H and O–H groups in total. The highest BCUT2D eigenvalue weighted by atomic mass is 16.5. The molecule has 3 fully saturated rings. The molecule has 1 spiro atoms. The molecule has 28 heavy (non-hydrogen) atoms. The van der Waals surface area contributed by atoms with Crippen molar-refractivity contribution in [3.05, 3.63) is 52.9 Å². The van der Waals surface area contributed by atoms with Gasteiger partial charge in [-0.25, -0.2) is 0 Å². The molecule has 0 saturated carbocycles. The van der Waals surface area contributed by atoms with Crippen LogP contribution in [0.1, 0.15) is 40.2 Å². The van der Waals surface area contributed by atoms with Crippen LogP contribution in [0, 0.1) is 25.7 Å². The Kier molecular flexibility index (Phi) is 4.29. The third-order valence-electron chi connectivity index (χ3n) is 6.72. The lowest BCUT2D eigenvalue weighted by Gasteiger charge is -2.29. The summed E-state index contributed by atoms with van der Waals surface area (Å²) in [5.41, 5.74) is 2.76. The minimum absolute atomic E-state index is 0.00353. The fourth-order valence-electron chi connectivity index (χ4n) is 5.41. The van der Waals surface area contributed by atoms with Crippen LogP contribution in [0.4, 0.5) is 0 Å². The smallest absolute Gasteiger partial charge is 0.251 e. The minimum atomic E-state index is -0.0427. The van der Waals surface area contributed by atoms with Crippen molar-refractivity contribution in [2.75, 3.05) is 19.6 Å². The highest BCUT2D eigenvalue weighted by Gasteiger charge is 2.62. The Labute approximate surface area is 165 Å². The molecule has 6 nitrogen and oxygen atoms in total. The molecule has 1 aromatic heterocycles. The monoisotopic (exact) mass is 381 g/mol. The lowest BCUT2D eigenvalue weighted by molar-refractivity contribution is 0.00155. The zero-order valence-corrected chi connectivity index (χ0v) is 16.5. The van der Waals surface area contributed by atoms with E-state index in [1.165, 1.54) is 0 Å². The average molecular weight is 381 g/mol. The number of nitrogens with one attached hydrogen (secondary N) is 1. The first kappa shape index (κ1) is 17.9. The number of hydrogen-bond donors (Lipinski definition) is 1. The Bertz CT molecular complexity index is 877. The van der Waals surface area contributed by atoms with Crippen LogP contribution < -0.4 is 5.32 Å². The second-order valence-corrected chi connectivity index (χ2v) is 8.71. The van der Waals surface area contributed by atoms with Crippen LogP contribution in [0.3, 0.4) is 0 Å². The van der Waals surface area contributed by atoms with E-state index in [2.05, 4.69) is 15.4 Å². The van der Waals surface area contributed by atoms with Crippen molar-refractivity contribution >= 4 is 5.91 Å². The van der Waals surface area contributed by atoms with Gasteiger partial charge in [-0.1, -0.05) is 22.9 Å². The fraction of sp³-hybridized carbons (Fsp3) is 0.545. The number of nitrogens with zero attached hydrogens (tertiary/aromatic N) is 2. The topological polar surface area (TPSA) is 67.6 Å². The number of rotatable bonds is 5. The zero-order valence-electron chi connectivity index (χ0n) is 16.5. The van der Waals surface area contributed by atoms with Crippen LogP contribution in [0.5, 0.6) is 0 Å². The van der Waals surface area contributed by atoms with E-state index >= 15 is 0 Å². The van der Waals surface area contributed by atoms with E-state index in [0.717, 1.165) is 55.1 Å². The molecule has 4 heterocycles. The number of ether oxygens (including phenoxy) is 1. The standard InChI is InChI=1S/C22H27N3O3/c1-14-3-5-16(6-4-14)21(26)23-10-18-19-12-25(11-17-9-15(2)24-28-17)13-22(19)8-7-20(18)27-22/h3-6,9,18-20H,7-8,10-13H2,1-2H3,(H,23,26)/t18-,19+,20+,22+/m0/s1. The summed E-state index contributed by atoms with van der Waals surface area (Å²) in [4.78, 5) is 15.0.